The Bertz CT molecular complexity index is 1140. The first-order chi connectivity index (χ1) is 19.7. The van der Waals surface area contributed by atoms with E-state index in [-0.39, 0.29) is 0 Å². The monoisotopic (exact) mass is 646 g/mol. The zero-order chi connectivity index (χ0) is 31.7. The maximum atomic E-state index is 4.97. The van der Waals surface area contributed by atoms with Gasteiger partial charge in [-0.15, -0.1) is 22.7 Å². The maximum Gasteiger partial charge on any atom is 0.191 e. The van der Waals surface area contributed by atoms with Gasteiger partial charge < -0.3 is 8.83 Å². The van der Waals surface area contributed by atoms with Crippen LogP contribution < -0.4 is 0 Å². The molecule has 6 aromatic heterocycles. The van der Waals surface area contributed by atoms with Crippen LogP contribution in [0.25, 0.3) is 0 Å². The predicted molar refractivity (Wildman–Crippen MR) is 178 cm³/mol. The first-order valence-electron chi connectivity index (χ1n) is 13.1. The Morgan fingerprint density at radius 2 is 1.17 bits per heavy atom. The van der Waals surface area contributed by atoms with E-state index < -0.39 is 0 Å². The number of aryl methyl sites for hydroxylation is 12. The Balaban J connectivity index is 0.000000252. The number of nitrogens with zero attached hydrogens (tertiary/aromatic N) is 6. The van der Waals surface area contributed by atoms with Gasteiger partial charge in [0.2, 0.25) is 0 Å². The minimum Gasteiger partial charge on any atom is -0.449 e. The van der Waals surface area contributed by atoms with E-state index in [1.807, 2.05) is 68.5 Å². The van der Waals surface area contributed by atoms with Crippen LogP contribution in [-0.2, 0) is 0 Å². The third-order valence-corrected chi connectivity index (χ3v) is 7.72. The van der Waals surface area contributed by atoms with Crippen molar-refractivity contribution in [2.75, 3.05) is 0 Å². The summed E-state index contributed by atoms with van der Waals surface area (Å²) in [6.45, 7) is 23.6. The van der Waals surface area contributed by atoms with Crippen LogP contribution in [0.1, 0.15) is 65.0 Å². The summed E-state index contributed by atoms with van der Waals surface area (Å²) in [6, 6.07) is 4.15. The van der Waals surface area contributed by atoms with E-state index in [1.165, 1.54) is 14.6 Å². The highest BCUT2D eigenvalue weighted by atomic mass is 32.1. The van der Waals surface area contributed by atoms with Crippen molar-refractivity contribution in [1.82, 2.24) is 28.7 Å². The Labute approximate surface area is 266 Å². The second-order valence-corrected chi connectivity index (χ2v) is 13.7. The third kappa shape index (κ3) is 18.4. The first-order valence-corrected chi connectivity index (χ1v) is 16.3. The molecule has 0 N–H and O–H groups in total. The molecule has 6 rings (SSSR count). The summed E-state index contributed by atoms with van der Waals surface area (Å²) in [6.07, 6.45) is 5.23. The molecule has 0 atom stereocenters. The molecule has 0 aromatic carbocycles. The van der Waals surface area contributed by atoms with E-state index in [2.05, 4.69) is 67.0 Å². The Morgan fingerprint density at radius 1 is 0.571 bits per heavy atom. The fourth-order valence-electron chi connectivity index (χ4n) is 2.86. The van der Waals surface area contributed by atoms with Gasteiger partial charge in [0.1, 0.15) is 12.0 Å². The van der Waals surface area contributed by atoms with Crippen LogP contribution in [0.15, 0.2) is 45.0 Å². The molecule has 0 spiro atoms. The third-order valence-electron chi connectivity index (χ3n) is 4.43. The van der Waals surface area contributed by atoms with Gasteiger partial charge in [-0.1, -0.05) is 0 Å². The van der Waals surface area contributed by atoms with Gasteiger partial charge in [0, 0.05) is 45.7 Å². The van der Waals surface area contributed by atoms with E-state index in [0.717, 1.165) is 50.3 Å². The number of oxazole rings is 2. The summed E-state index contributed by atoms with van der Waals surface area (Å²) >= 11 is 6.53. The summed E-state index contributed by atoms with van der Waals surface area (Å²) < 4.78 is 17.9. The largest absolute Gasteiger partial charge is 0.449 e. The zero-order valence-electron chi connectivity index (χ0n) is 26.6. The van der Waals surface area contributed by atoms with Crippen molar-refractivity contribution in [3.8, 4) is 0 Å². The van der Waals surface area contributed by atoms with Crippen molar-refractivity contribution in [1.29, 1.82) is 0 Å². The van der Waals surface area contributed by atoms with Gasteiger partial charge in [0.15, 0.2) is 11.8 Å². The van der Waals surface area contributed by atoms with Gasteiger partial charge in [-0.05, 0) is 104 Å². The number of aromatic nitrogens is 6. The lowest BCUT2D eigenvalue weighted by atomic mass is 10.4. The molecule has 0 aliphatic carbocycles. The molecule has 0 unspecified atom stereocenters. The highest BCUT2D eigenvalue weighted by Crippen LogP contribution is 2.08. The molecule has 8 nitrogen and oxygen atoms in total. The van der Waals surface area contributed by atoms with Crippen LogP contribution in [0.3, 0.4) is 0 Å². The average molecular weight is 647 g/mol. The van der Waals surface area contributed by atoms with Crippen molar-refractivity contribution in [3.05, 3.63) is 101 Å². The minimum absolute atomic E-state index is 0.734. The Kier molecular flexibility index (Phi) is 17.6. The van der Waals surface area contributed by atoms with Gasteiger partial charge in [0.05, 0.1) is 33.3 Å². The molecule has 0 bridgehead atoms. The van der Waals surface area contributed by atoms with Gasteiger partial charge in [-0.2, -0.15) is 8.75 Å². The molecule has 0 saturated heterocycles. The number of thiazole rings is 2. The maximum absolute atomic E-state index is 4.97. The van der Waals surface area contributed by atoms with Gasteiger partial charge >= 0.3 is 0 Å². The summed E-state index contributed by atoms with van der Waals surface area (Å²) in [5, 5.41) is 4.35. The highest BCUT2D eigenvalue weighted by Gasteiger charge is 1.90. The minimum atomic E-state index is 0.734. The number of hydrogen-bond acceptors (Lipinski definition) is 12. The van der Waals surface area contributed by atoms with Gasteiger partial charge in [-0.25, -0.2) is 19.9 Å². The lowest BCUT2D eigenvalue weighted by Gasteiger charge is -1.73. The van der Waals surface area contributed by atoms with Crippen LogP contribution in [0.4, 0.5) is 0 Å². The summed E-state index contributed by atoms with van der Waals surface area (Å²) in [4.78, 5) is 19.8. The molecule has 0 aliphatic heterocycles. The molecule has 0 aliphatic rings. The lowest BCUT2D eigenvalue weighted by Crippen LogP contribution is -1.67. The molecule has 6 aromatic rings. The van der Waals surface area contributed by atoms with E-state index in [4.69, 9.17) is 8.83 Å². The van der Waals surface area contributed by atoms with Gasteiger partial charge in [-0.3, -0.25) is 0 Å². The summed E-state index contributed by atoms with van der Waals surface area (Å²) in [5.41, 5.74) is 4.32. The fraction of sp³-hybridized carbons (Fsp3) is 0.400. The molecule has 0 amide bonds. The smallest absolute Gasteiger partial charge is 0.191 e. The van der Waals surface area contributed by atoms with Crippen molar-refractivity contribution in [2.24, 2.45) is 0 Å². The van der Waals surface area contributed by atoms with Crippen molar-refractivity contribution in [2.45, 2.75) is 83.1 Å². The van der Waals surface area contributed by atoms with Crippen molar-refractivity contribution >= 4 is 45.7 Å². The van der Waals surface area contributed by atoms with Crippen LogP contribution in [0, 0.1) is 83.1 Å². The molecule has 228 valence electrons. The zero-order valence-corrected chi connectivity index (χ0v) is 29.9. The van der Waals surface area contributed by atoms with Crippen LogP contribution in [0.5, 0.6) is 0 Å². The molecule has 12 heteroatoms. The second kappa shape index (κ2) is 20.0. The van der Waals surface area contributed by atoms with E-state index in [0.29, 0.717) is 0 Å². The molecule has 42 heavy (non-hydrogen) atoms. The molecule has 0 radical (unpaired) electrons. The molecule has 0 fully saturated rings. The molecule has 6 heterocycles. The highest BCUT2D eigenvalue weighted by molar-refractivity contribution is 7.11. The summed E-state index contributed by atoms with van der Waals surface area (Å²) in [7, 11) is 0. The van der Waals surface area contributed by atoms with Crippen LogP contribution >= 0.6 is 45.7 Å². The predicted octanol–water partition coefficient (Wildman–Crippen LogP) is 9.62. The lowest BCUT2D eigenvalue weighted by molar-refractivity contribution is 0.494. The van der Waals surface area contributed by atoms with Crippen LogP contribution in [-0.4, -0.2) is 28.7 Å². The SMILES string of the molecule is Cc1cc(C)sn1.Cc1cc(C)sn1.Cc1cnc(C)o1.Cc1cnc(C)s1.Cc1coc(C)n1.Cc1csc(C)n1. The quantitative estimate of drug-likeness (QED) is 0.161. The summed E-state index contributed by atoms with van der Waals surface area (Å²) in [5.74, 6) is 2.34. The molecular formula is C30H42N6O2S4. The van der Waals surface area contributed by atoms with Crippen LogP contribution in [0.2, 0.25) is 0 Å². The van der Waals surface area contributed by atoms with E-state index >= 15 is 0 Å². The van der Waals surface area contributed by atoms with E-state index in [1.54, 1.807) is 58.2 Å². The Morgan fingerprint density at radius 3 is 1.29 bits per heavy atom. The van der Waals surface area contributed by atoms with Crippen molar-refractivity contribution in [3.63, 3.8) is 0 Å². The number of hydrogen-bond donors (Lipinski definition) is 0. The van der Waals surface area contributed by atoms with E-state index in [9.17, 15) is 0 Å². The van der Waals surface area contributed by atoms with Gasteiger partial charge in [0.25, 0.3) is 0 Å². The fourth-order valence-corrected chi connectivity index (χ4v) is 5.26. The normalized spacial score (nSPS) is 9.43. The topological polar surface area (TPSA) is 104 Å². The number of rotatable bonds is 0. The molecule has 0 saturated carbocycles. The first kappa shape index (κ1) is 37.0. The average Bonchev–Trinajstić information content (AvgIpc) is 3.76. The van der Waals surface area contributed by atoms with Crippen molar-refractivity contribution < 1.29 is 8.83 Å². The Hall–Kier alpha value is -3.06. The second-order valence-electron chi connectivity index (χ2n) is 9.15. The molecular weight excluding hydrogens is 605 g/mol. The standard InChI is InChI=1S/2C5H7NO.4C5H7NS/c1-4-3-7-5(2)6-4;1-4-3-6-5(2)7-4;1-4-3-7-5(2)6-4;1-4-3-6-5(2)7-4;2*1-4-3-5(2)7-6-4/h6*3H,1-2H3.